The zero-order chi connectivity index (χ0) is 5.98. The lowest BCUT2D eigenvalue weighted by molar-refractivity contribution is 0.419. The maximum atomic E-state index is 8.90. The third kappa shape index (κ3) is 0.772. The highest BCUT2D eigenvalue weighted by Crippen LogP contribution is 2.08. The molecule has 0 aliphatic heterocycles. The van der Waals surface area contributed by atoms with E-state index in [4.69, 9.17) is 5.11 Å². The summed E-state index contributed by atoms with van der Waals surface area (Å²) in [5.41, 5.74) is 3.71. The second kappa shape index (κ2) is 1.81. The van der Waals surface area contributed by atoms with Crippen LogP contribution in [0.2, 0.25) is 0 Å². The first kappa shape index (κ1) is 5.07. The van der Waals surface area contributed by atoms with E-state index in [0.29, 0.717) is 5.76 Å². The maximum Gasteiger partial charge on any atom is 0.233 e. The lowest BCUT2D eigenvalue weighted by Gasteiger charge is -1.89. The molecule has 0 fully saturated rings. The van der Waals surface area contributed by atoms with Crippen LogP contribution < -0.4 is 0 Å². The Morgan fingerprint density at radius 3 is 2.88 bits per heavy atom. The van der Waals surface area contributed by atoms with Crippen molar-refractivity contribution in [3.05, 3.63) is 35.6 Å². The van der Waals surface area contributed by atoms with Gasteiger partial charge in [0.15, 0.2) is 0 Å². The van der Waals surface area contributed by atoms with E-state index in [1.165, 1.54) is 0 Å². The highest BCUT2D eigenvalue weighted by atomic mass is 16.3. The van der Waals surface area contributed by atoms with Crippen LogP contribution in [0.15, 0.2) is 29.2 Å². The second-order valence-corrected chi connectivity index (χ2v) is 1.71. The van der Waals surface area contributed by atoms with Gasteiger partial charge in [-0.2, -0.15) is 0 Å². The first-order valence-electron chi connectivity index (χ1n) is 2.46. The van der Waals surface area contributed by atoms with Crippen LogP contribution in [0.3, 0.4) is 0 Å². The fourth-order valence-electron chi connectivity index (χ4n) is 0.506. The number of allylic oxidation sites excluding steroid dienone is 2. The van der Waals surface area contributed by atoms with E-state index >= 15 is 0 Å². The average Bonchev–Trinajstić information content (AvgIpc) is 1.77. The second-order valence-electron chi connectivity index (χ2n) is 1.71. The molecule has 0 atom stereocenters. The van der Waals surface area contributed by atoms with Gasteiger partial charge in [-0.15, -0.1) is 0 Å². The van der Waals surface area contributed by atoms with E-state index < -0.39 is 0 Å². The summed E-state index contributed by atoms with van der Waals surface area (Å²) in [5, 5.41) is 8.90. The number of aliphatic hydroxyl groups excluding tert-OH is 1. The van der Waals surface area contributed by atoms with Crippen LogP contribution in [-0.4, -0.2) is 5.11 Å². The summed E-state index contributed by atoms with van der Waals surface area (Å²) in [4.78, 5) is 0. The quantitative estimate of drug-likeness (QED) is 0.369. The normalized spacial score (nSPS) is 16.6. The Hall–Kier alpha value is -1.07. The molecule has 40 valence electrons. The van der Waals surface area contributed by atoms with Gasteiger partial charge in [0.05, 0.1) is 6.42 Å². The molecule has 0 radical (unpaired) electrons. The van der Waals surface area contributed by atoms with Gasteiger partial charge in [0.25, 0.3) is 0 Å². The summed E-state index contributed by atoms with van der Waals surface area (Å²) < 4.78 is 0. The molecule has 0 saturated carbocycles. The fourth-order valence-corrected chi connectivity index (χ4v) is 0.506. The van der Waals surface area contributed by atoms with Crippen LogP contribution in [0, 0.1) is 6.42 Å². The minimum absolute atomic E-state index is 0.337. The van der Waals surface area contributed by atoms with Crippen molar-refractivity contribution in [1.82, 2.24) is 0 Å². The molecule has 0 amide bonds. The van der Waals surface area contributed by atoms with Gasteiger partial charge >= 0.3 is 0 Å². The van der Waals surface area contributed by atoms with Crippen molar-refractivity contribution in [2.45, 2.75) is 6.92 Å². The molecule has 0 aromatic carbocycles. The molecule has 0 aromatic heterocycles. The molecule has 1 aliphatic carbocycles. The Balaban J connectivity index is 2.93. The van der Waals surface area contributed by atoms with E-state index in [1.54, 1.807) is 18.6 Å². The molecule has 0 bridgehead atoms. The summed E-state index contributed by atoms with van der Waals surface area (Å²) in [5.74, 6) is 0.337. The zero-order valence-corrected chi connectivity index (χ0v) is 4.68. The Morgan fingerprint density at radius 1 is 1.75 bits per heavy atom. The number of aliphatic hydroxyl groups is 1. The monoisotopic (exact) mass is 107 g/mol. The van der Waals surface area contributed by atoms with Gasteiger partial charge in [-0.1, -0.05) is 0 Å². The van der Waals surface area contributed by atoms with Gasteiger partial charge in [-0.3, -0.25) is 0 Å². The minimum atomic E-state index is 0.337. The smallest absolute Gasteiger partial charge is 0.233 e. The predicted molar refractivity (Wildman–Crippen MR) is 32.3 cm³/mol. The van der Waals surface area contributed by atoms with Crippen LogP contribution in [-0.2, 0) is 0 Å². The predicted octanol–water partition coefficient (Wildman–Crippen LogP) is 1.75. The summed E-state index contributed by atoms with van der Waals surface area (Å²) >= 11 is 0. The van der Waals surface area contributed by atoms with Gasteiger partial charge in [0.1, 0.15) is 17.7 Å². The van der Waals surface area contributed by atoms with Crippen molar-refractivity contribution in [3.8, 4) is 0 Å². The lowest BCUT2D eigenvalue weighted by atomic mass is 10.1. The van der Waals surface area contributed by atoms with Crippen LogP contribution in [0.4, 0.5) is 0 Å². The molecule has 1 rings (SSSR count). The Bertz CT molecular complexity index is 181. The zero-order valence-electron chi connectivity index (χ0n) is 4.68. The van der Waals surface area contributed by atoms with Gasteiger partial charge in [-0.25, -0.2) is 0 Å². The third-order valence-corrected chi connectivity index (χ3v) is 1.04. The third-order valence-electron chi connectivity index (χ3n) is 1.04. The van der Waals surface area contributed by atoms with Crippen molar-refractivity contribution in [1.29, 1.82) is 0 Å². The van der Waals surface area contributed by atoms with Crippen molar-refractivity contribution in [2.75, 3.05) is 0 Å². The van der Waals surface area contributed by atoms with Gasteiger partial charge in [0.2, 0.25) is 5.76 Å². The molecule has 1 nitrogen and oxygen atoms in total. The van der Waals surface area contributed by atoms with Gasteiger partial charge < -0.3 is 5.11 Å². The van der Waals surface area contributed by atoms with Crippen LogP contribution in [0.5, 0.6) is 0 Å². The van der Waals surface area contributed by atoms with Gasteiger partial charge in [-0.05, 0) is 0 Å². The Labute approximate surface area is 48.6 Å². The summed E-state index contributed by atoms with van der Waals surface area (Å²) in [6.45, 7) is 1.84. The SMILES string of the molecule is CC1=C(O)[CH+]C=C=C1. The van der Waals surface area contributed by atoms with Crippen LogP contribution >= 0.6 is 0 Å². The van der Waals surface area contributed by atoms with E-state index in [-0.39, 0.29) is 0 Å². The molecule has 1 heteroatoms. The topological polar surface area (TPSA) is 20.2 Å². The van der Waals surface area contributed by atoms with Crippen LogP contribution in [0.1, 0.15) is 6.92 Å². The Morgan fingerprint density at radius 2 is 2.50 bits per heavy atom. The largest absolute Gasteiger partial charge is 0.487 e. The molecule has 1 N–H and O–H groups in total. The molecule has 0 saturated heterocycles. The summed E-state index contributed by atoms with van der Waals surface area (Å²) in [6.07, 6.45) is 5.05. The fraction of sp³-hybridized carbons (Fsp3) is 0.143. The minimum Gasteiger partial charge on any atom is -0.487 e. The standard InChI is InChI=1S/C7H6O/c1-6-4-2-3-5-7(6)8/h3-5H,1H3/p+1. The molecule has 1 aliphatic rings. The summed E-state index contributed by atoms with van der Waals surface area (Å²) in [6, 6.07) is 0. The summed E-state index contributed by atoms with van der Waals surface area (Å²) in [7, 11) is 0. The molecule has 0 spiro atoms. The van der Waals surface area contributed by atoms with Crippen molar-refractivity contribution in [2.24, 2.45) is 0 Å². The molecular weight excluding hydrogens is 100 g/mol. The highest BCUT2D eigenvalue weighted by molar-refractivity contribution is 5.31. The van der Waals surface area contributed by atoms with Crippen molar-refractivity contribution >= 4 is 0 Å². The maximum absolute atomic E-state index is 8.90. The van der Waals surface area contributed by atoms with E-state index in [1.807, 2.05) is 6.92 Å². The number of hydrogen-bond acceptors (Lipinski definition) is 1. The highest BCUT2D eigenvalue weighted by Gasteiger charge is 2.06. The average molecular weight is 107 g/mol. The number of hydrogen-bond donors (Lipinski definition) is 1. The van der Waals surface area contributed by atoms with Crippen LogP contribution in [0.25, 0.3) is 0 Å². The van der Waals surface area contributed by atoms with Crippen molar-refractivity contribution < 1.29 is 5.11 Å². The molecule has 0 aromatic rings. The number of rotatable bonds is 0. The van der Waals surface area contributed by atoms with Crippen molar-refractivity contribution in [3.63, 3.8) is 0 Å². The van der Waals surface area contributed by atoms with E-state index in [9.17, 15) is 0 Å². The van der Waals surface area contributed by atoms with E-state index in [2.05, 4.69) is 5.73 Å². The first-order chi connectivity index (χ1) is 3.80. The molecule has 8 heavy (non-hydrogen) atoms. The van der Waals surface area contributed by atoms with Gasteiger partial charge in [0, 0.05) is 12.7 Å². The Kier molecular flexibility index (Phi) is 1.15. The van der Waals surface area contributed by atoms with E-state index in [0.717, 1.165) is 5.57 Å². The molecule has 0 unspecified atom stereocenters. The molecular formula is C7H7O+. The first-order valence-corrected chi connectivity index (χ1v) is 2.46. The lowest BCUT2D eigenvalue weighted by Crippen LogP contribution is -1.85. The molecule has 0 heterocycles.